The van der Waals surface area contributed by atoms with E-state index < -0.39 is 0 Å². The Bertz CT molecular complexity index is 771. The number of hydrogen-bond donors (Lipinski definition) is 0. The normalized spacial score (nSPS) is 14.7. The summed E-state index contributed by atoms with van der Waals surface area (Å²) in [6.45, 7) is 1.75. The van der Waals surface area contributed by atoms with Crippen LogP contribution in [0.25, 0.3) is 10.9 Å². The molecule has 0 spiro atoms. The number of nitrogens with zero attached hydrogens (tertiary/aromatic N) is 4. The molecule has 0 atom stereocenters. The molecule has 0 saturated carbocycles. The van der Waals surface area contributed by atoms with Crippen LogP contribution in [0.4, 0.5) is 0 Å². The molecule has 3 heterocycles. The molecule has 0 radical (unpaired) electrons. The highest BCUT2D eigenvalue weighted by Gasteiger charge is 2.16. The van der Waals surface area contributed by atoms with E-state index in [2.05, 4.69) is 37.7 Å². The van der Waals surface area contributed by atoms with E-state index in [4.69, 9.17) is 11.6 Å². The van der Waals surface area contributed by atoms with Crippen molar-refractivity contribution >= 4 is 22.5 Å². The van der Waals surface area contributed by atoms with E-state index in [0.29, 0.717) is 0 Å². The number of para-hydroxylation sites is 1. The number of aromatic nitrogens is 4. The molecular formula is C15H15ClN4. The van der Waals surface area contributed by atoms with Crippen LogP contribution in [-0.4, -0.2) is 19.3 Å². The molecule has 4 nitrogen and oxygen atoms in total. The fraction of sp³-hybridized carbons (Fsp3) is 0.333. The molecule has 102 valence electrons. The molecule has 0 amide bonds. The van der Waals surface area contributed by atoms with Crippen molar-refractivity contribution < 1.29 is 0 Å². The largest absolute Gasteiger partial charge is 0.339 e. The van der Waals surface area contributed by atoms with Gasteiger partial charge >= 0.3 is 0 Å². The van der Waals surface area contributed by atoms with E-state index in [1.807, 2.05) is 12.1 Å². The van der Waals surface area contributed by atoms with Crippen molar-refractivity contribution in [1.29, 1.82) is 0 Å². The Labute approximate surface area is 122 Å². The van der Waals surface area contributed by atoms with E-state index in [1.165, 1.54) is 12.8 Å². The molecule has 1 aromatic carbocycles. The van der Waals surface area contributed by atoms with Gasteiger partial charge < -0.3 is 9.13 Å². The molecule has 0 fully saturated rings. The highest BCUT2D eigenvalue weighted by Crippen LogP contribution is 2.25. The lowest BCUT2D eigenvalue weighted by Gasteiger charge is -2.15. The molecule has 2 aromatic heterocycles. The molecule has 0 saturated heterocycles. The molecule has 20 heavy (non-hydrogen) atoms. The summed E-state index contributed by atoms with van der Waals surface area (Å²) in [5, 5.41) is 10.6. The highest BCUT2D eigenvalue weighted by atomic mass is 35.5. The van der Waals surface area contributed by atoms with Gasteiger partial charge in [-0.05, 0) is 25.0 Å². The Kier molecular flexibility index (Phi) is 2.77. The molecule has 3 aromatic rings. The number of rotatable bonds is 2. The first kappa shape index (κ1) is 12.0. The lowest BCUT2D eigenvalue weighted by Crippen LogP contribution is -2.15. The van der Waals surface area contributed by atoms with Crippen LogP contribution in [0.3, 0.4) is 0 Å². The van der Waals surface area contributed by atoms with Crippen molar-refractivity contribution in [2.24, 2.45) is 0 Å². The Hall–Kier alpha value is -1.81. The predicted octanol–water partition coefficient (Wildman–Crippen LogP) is 3.27. The van der Waals surface area contributed by atoms with Crippen molar-refractivity contribution in [3.05, 3.63) is 47.1 Å². The second-order valence-corrected chi connectivity index (χ2v) is 5.67. The second-order valence-electron chi connectivity index (χ2n) is 5.26. The van der Waals surface area contributed by atoms with Gasteiger partial charge in [0.15, 0.2) is 5.82 Å². The standard InChI is InChI=1S/C15H15ClN4/c16-12-5-3-4-11-7-9-19(15(11)12)10-14-18-17-13-6-1-2-8-20(13)14/h3-5,7,9H,1-2,6,8,10H2. The summed E-state index contributed by atoms with van der Waals surface area (Å²) in [6, 6.07) is 8.08. The summed E-state index contributed by atoms with van der Waals surface area (Å²) in [6.07, 6.45) is 5.54. The van der Waals surface area contributed by atoms with Gasteiger partial charge in [-0.15, -0.1) is 10.2 Å². The van der Waals surface area contributed by atoms with Gasteiger partial charge in [0.05, 0.1) is 17.1 Å². The number of fused-ring (bicyclic) bond motifs is 2. The quantitative estimate of drug-likeness (QED) is 0.725. The Morgan fingerprint density at radius 1 is 1.15 bits per heavy atom. The van der Waals surface area contributed by atoms with Crippen molar-refractivity contribution in [2.75, 3.05) is 0 Å². The minimum absolute atomic E-state index is 0.722. The minimum Gasteiger partial charge on any atom is -0.339 e. The number of benzene rings is 1. The summed E-state index contributed by atoms with van der Waals surface area (Å²) in [7, 11) is 0. The maximum atomic E-state index is 6.32. The lowest BCUT2D eigenvalue weighted by molar-refractivity contribution is 0.503. The van der Waals surface area contributed by atoms with Crippen molar-refractivity contribution in [3.8, 4) is 0 Å². The number of hydrogen-bond acceptors (Lipinski definition) is 2. The summed E-state index contributed by atoms with van der Waals surface area (Å²) in [5.74, 6) is 2.14. The van der Waals surface area contributed by atoms with E-state index in [0.717, 1.165) is 47.1 Å². The van der Waals surface area contributed by atoms with Gasteiger partial charge in [-0.1, -0.05) is 23.7 Å². The van der Waals surface area contributed by atoms with Crippen molar-refractivity contribution in [2.45, 2.75) is 32.4 Å². The maximum Gasteiger partial charge on any atom is 0.153 e. The predicted molar refractivity (Wildman–Crippen MR) is 79.0 cm³/mol. The van der Waals surface area contributed by atoms with Crippen LogP contribution in [-0.2, 0) is 19.5 Å². The average Bonchev–Trinajstić information content (AvgIpc) is 3.06. The molecule has 5 heteroatoms. The maximum absolute atomic E-state index is 6.32. The summed E-state index contributed by atoms with van der Waals surface area (Å²) >= 11 is 6.32. The number of halogens is 1. The third kappa shape index (κ3) is 1.83. The SMILES string of the molecule is Clc1cccc2ccn(Cc3nnc4n3CCCC4)c12. The van der Waals surface area contributed by atoms with Crippen molar-refractivity contribution in [1.82, 2.24) is 19.3 Å². The molecule has 0 bridgehead atoms. The van der Waals surface area contributed by atoms with Gasteiger partial charge in [0, 0.05) is 24.5 Å². The topological polar surface area (TPSA) is 35.6 Å². The van der Waals surface area contributed by atoms with Gasteiger partial charge in [-0.3, -0.25) is 0 Å². The first-order valence-electron chi connectivity index (χ1n) is 6.97. The van der Waals surface area contributed by atoms with Gasteiger partial charge in [-0.25, -0.2) is 0 Å². The van der Waals surface area contributed by atoms with Crippen LogP contribution in [0.2, 0.25) is 5.02 Å². The summed E-state index contributed by atoms with van der Waals surface area (Å²) in [4.78, 5) is 0. The van der Waals surface area contributed by atoms with Crippen LogP contribution < -0.4 is 0 Å². The van der Waals surface area contributed by atoms with Gasteiger partial charge in [0.2, 0.25) is 0 Å². The van der Waals surface area contributed by atoms with E-state index in [9.17, 15) is 0 Å². The van der Waals surface area contributed by atoms with Gasteiger partial charge in [0.1, 0.15) is 5.82 Å². The zero-order chi connectivity index (χ0) is 13.5. The molecule has 0 aliphatic carbocycles. The molecule has 1 aliphatic rings. The zero-order valence-corrected chi connectivity index (χ0v) is 11.8. The van der Waals surface area contributed by atoms with Gasteiger partial charge in [0.25, 0.3) is 0 Å². The summed E-state index contributed by atoms with van der Waals surface area (Å²) < 4.78 is 4.41. The molecule has 1 aliphatic heterocycles. The average molecular weight is 287 g/mol. The monoisotopic (exact) mass is 286 g/mol. The molecule has 4 rings (SSSR count). The fourth-order valence-corrected chi connectivity index (χ4v) is 3.27. The zero-order valence-electron chi connectivity index (χ0n) is 11.1. The fourth-order valence-electron chi connectivity index (χ4n) is 2.98. The number of aryl methyl sites for hydroxylation is 1. The molecular weight excluding hydrogens is 272 g/mol. The third-order valence-corrected chi connectivity index (χ3v) is 4.29. The second kappa shape index (κ2) is 4.63. The molecule has 0 N–H and O–H groups in total. The highest BCUT2D eigenvalue weighted by molar-refractivity contribution is 6.35. The Balaban J connectivity index is 1.76. The first-order chi connectivity index (χ1) is 9.83. The van der Waals surface area contributed by atoms with Gasteiger partial charge in [-0.2, -0.15) is 0 Å². The lowest BCUT2D eigenvalue weighted by atomic mass is 10.2. The van der Waals surface area contributed by atoms with E-state index in [-0.39, 0.29) is 0 Å². The van der Waals surface area contributed by atoms with Crippen LogP contribution >= 0.6 is 11.6 Å². The van der Waals surface area contributed by atoms with E-state index in [1.54, 1.807) is 0 Å². The van der Waals surface area contributed by atoms with Crippen LogP contribution in [0, 0.1) is 0 Å². The van der Waals surface area contributed by atoms with Crippen LogP contribution in [0.1, 0.15) is 24.5 Å². The molecule has 0 unspecified atom stereocenters. The minimum atomic E-state index is 0.722. The summed E-state index contributed by atoms with van der Waals surface area (Å²) in [5.41, 5.74) is 1.07. The van der Waals surface area contributed by atoms with Crippen molar-refractivity contribution in [3.63, 3.8) is 0 Å². The smallest absolute Gasteiger partial charge is 0.153 e. The van der Waals surface area contributed by atoms with Crippen LogP contribution in [0.5, 0.6) is 0 Å². The van der Waals surface area contributed by atoms with Crippen LogP contribution in [0.15, 0.2) is 30.5 Å². The van der Waals surface area contributed by atoms with E-state index >= 15 is 0 Å². The third-order valence-electron chi connectivity index (χ3n) is 3.99. The Morgan fingerprint density at radius 2 is 2.10 bits per heavy atom. The Morgan fingerprint density at radius 3 is 3.05 bits per heavy atom. The first-order valence-corrected chi connectivity index (χ1v) is 7.35.